The first-order valence-corrected chi connectivity index (χ1v) is 3.74. The van der Waals surface area contributed by atoms with Crippen LogP contribution in [0.2, 0.25) is 0 Å². The molecule has 58 valence electrons. The second kappa shape index (κ2) is 2.74. The van der Waals surface area contributed by atoms with Crippen LogP contribution in [0.25, 0.3) is 17.1 Å². The van der Waals surface area contributed by atoms with E-state index in [1.807, 2.05) is 24.3 Å². The topological polar surface area (TPSA) is 25.8 Å². The van der Waals surface area contributed by atoms with Gasteiger partial charge in [0.25, 0.3) is 0 Å². The smallest absolute Gasteiger partial charge is 0.0894 e. The molecule has 0 bridgehead atoms. The predicted octanol–water partition coefficient (Wildman–Crippen LogP) is 2.27. The molecule has 2 nitrogen and oxygen atoms in total. The highest BCUT2D eigenvalue weighted by atomic mass is 14.8. The highest BCUT2D eigenvalue weighted by molar-refractivity contribution is 5.74. The van der Waals surface area contributed by atoms with E-state index in [1.54, 1.807) is 12.3 Å². The SMILES string of the molecule is C=Cc1cnc2ccccc2n1. The Bertz CT molecular complexity index is 421. The first kappa shape index (κ1) is 6.98. The van der Waals surface area contributed by atoms with E-state index in [0.717, 1.165) is 16.7 Å². The molecule has 0 saturated heterocycles. The number of fused-ring (bicyclic) bond motifs is 1. The summed E-state index contributed by atoms with van der Waals surface area (Å²) in [5.74, 6) is 0. The average molecular weight is 156 g/mol. The Kier molecular flexibility index (Phi) is 1.59. The van der Waals surface area contributed by atoms with E-state index in [9.17, 15) is 0 Å². The maximum Gasteiger partial charge on any atom is 0.0894 e. The van der Waals surface area contributed by atoms with Crippen molar-refractivity contribution in [1.82, 2.24) is 9.97 Å². The number of benzene rings is 1. The quantitative estimate of drug-likeness (QED) is 0.633. The minimum atomic E-state index is 0.814. The van der Waals surface area contributed by atoms with E-state index >= 15 is 0 Å². The van der Waals surface area contributed by atoms with Crippen molar-refractivity contribution in [2.24, 2.45) is 0 Å². The van der Waals surface area contributed by atoms with Crippen molar-refractivity contribution in [3.05, 3.63) is 42.7 Å². The van der Waals surface area contributed by atoms with E-state index in [0.29, 0.717) is 0 Å². The van der Waals surface area contributed by atoms with Gasteiger partial charge in [-0.05, 0) is 18.2 Å². The van der Waals surface area contributed by atoms with Crippen LogP contribution in [0.15, 0.2) is 37.0 Å². The van der Waals surface area contributed by atoms with Gasteiger partial charge in [0.05, 0.1) is 22.9 Å². The highest BCUT2D eigenvalue weighted by Gasteiger charge is 1.93. The van der Waals surface area contributed by atoms with Crippen LogP contribution in [0.4, 0.5) is 0 Å². The fraction of sp³-hybridized carbons (Fsp3) is 0. The molecule has 0 radical (unpaired) electrons. The van der Waals surface area contributed by atoms with E-state index in [-0.39, 0.29) is 0 Å². The summed E-state index contributed by atoms with van der Waals surface area (Å²) in [6, 6.07) is 7.78. The van der Waals surface area contributed by atoms with Crippen LogP contribution in [-0.4, -0.2) is 9.97 Å². The summed E-state index contributed by atoms with van der Waals surface area (Å²) in [7, 11) is 0. The molecule has 0 aliphatic carbocycles. The average Bonchev–Trinajstić information content (AvgIpc) is 2.17. The Balaban J connectivity index is 2.75. The number of aromatic nitrogens is 2. The van der Waals surface area contributed by atoms with E-state index in [4.69, 9.17) is 0 Å². The Hall–Kier alpha value is -1.70. The lowest BCUT2D eigenvalue weighted by atomic mass is 10.3. The molecule has 0 atom stereocenters. The molecule has 1 aromatic heterocycles. The predicted molar refractivity (Wildman–Crippen MR) is 49.6 cm³/mol. The molecule has 0 N–H and O–H groups in total. The summed E-state index contributed by atoms with van der Waals surface area (Å²) in [6.07, 6.45) is 3.41. The highest BCUT2D eigenvalue weighted by Crippen LogP contribution is 2.08. The van der Waals surface area contributed by atoms with Gasteiger partial charge in [-0.1, -0.05) is 18.7 Å². The second-order valence-electron chi connectivity index (χ2n) is 2.49. The van der Waals surface area contributed by atoms with Crippen LogP contribution in [0.1, 0.15) is 5.69 Å². The lowest BCUT2D eigenvalue weighted by molar-refractivity contribution is 1.27. The van der Waals surface area contributed by atoms with Crippen LogP contribution in [0.5, 0.6) is 0 Å². The third-order valence-corrected chi connectivity index (χ3v) is 1.68. The van der Waals surface area contributed by atoms with Crippen LogP contribution in [0.3, 0.4) is 0 Å². The van der Waals surface area contributed by atoms with Gasteiger partial charge in [-0.3, -0.25) is 4.98 Å². The second-order valence-corrected chi connectivity index (χ2v) is 2.49. The van der Waals surface area contributed by atoms with Crippen molar-refractivity contribution in [2.45, 2.75) is 0 Å². The molecule has 0 aliphatic heterocycles. The standard InChI is InChI=1S/C10H8N2/c1-2-8-7-11-9-5-3-4-6-10(9)12-8/h2-7H,1H2. The van der Waals surface area contributed by atoms with E-state index in [1.165, 1.54) is 0 Å². The van der Waals surface area contributed by atoms with Gasteiger partial charge < -0.3 is 0 Å². The minimum Gasteiger partial charge on any atom is -0.252 e. The lowest BCUT2D eigenvalue weighted by Gasteiger charge is -1.95. The summed E-state index contributed by atoms with van der Waals surface area (Å²) in [6.45, 7) is 3.64. The summed E-state index contributed by atoms with van der Waals surface area (Å²) in [5, 5.41) is 0. The molecule has 12 heavy (non-hydrogen) atoms. The van der Waals surface area contributed by atoms with Crippen LogP contribution in [-0.2, 0) is 0 Å². The Morgan fingerprint density at radius 1 is 1.17 bits per heavy atom. The third-order valence-electron chi connectivity index (χ3n) is 1.68. The van der Waals surface area contributed by atoms with Crippen LogP contribution >= 0.6 is 0 Å². The molecule has 2 heteroatoms. The van der Waals surface area contributed by atoms with Gasteiger partial charge in [0.15, 0.2) is 0 Å². The zero-order valence-electron chi connectivity index (χ0n) is 6.57. The normalized spacial score (nSPS) is 10.0. The Morgan fingerprint density at radius 3 is 2.67 bits per heavy atom. The first-order valence-electron chi connectivity index (χ1n) is 3.74. The Morgan fingerprint density at radius 2 is 1.92 bits per heavy atom. The van der Waals surface area contributed by atoms with E-state index < -0.39 is 0 Å². The Labute approximate surface area is 70.6 Å². The zero-order chi connectivity index (χ0) is 8.39. The van der Waals surface area contributed by atoms with Crippen molar-refractivity contribution in [3.8, 4) is 0 Å². The van der Waals surface area contributed by atoms with Crippen molar-refractivity contribution in [3.63, 3.8) is 0 Å². The van der Waals surface area contributed by atoms with Crippen molar-refractivity contribution < 1.29 is 0 Å². The monoisotopic (exact) mass is 156 g/mol. The van der Waals surface area contributed by atoms with Crippen molar-refractivity contribution in [1.29, 1.82) is 0 Å². The number of hydrogen-bond donors (Lipinski definition) is 0. The molecule has 2 rings (SSSR count). The fourth-order valence-corrected chi connectivity index (χ4v) is 1.07. The molecular formula is C10H8N2. The van der Waals surface area contributed by atoms with Crippen molar-refractivity contribution >= 4 is 17.1 Å². The molecule has 0 amide bonds. The maximum atomic E-state index is 4.31. The molecule has 0 saturated carbocycles. The van der Waals surface area contributed by atoms with Gasteiger partial charge in [0.1, 0.15) is 0 Å². The van der Waals surface area contributed by atoms with Gasteiger partial charge >= 0.3 is 0 Å². The summed E-state index contributed by atoms with van der Waals surface area (Å²) < 4.78 is 0. The molecule has 2 aromatic rings. The van der Waals surface area contributed by atoms with Crippen molar-refractivity contribution in [2.75, 3.05) is 0 Å². The molecule has 0 spiro atoms. The third kappa shape index (κ3) is 1.07. The van der Waals surface area contributed by atoms with Gasteiger partial charge in [0.2, 0.25) is 0 Å². The van der Waals surface area contributed by atoms with E-state index in [2.05, 4.69) is 16.5 Å². The first-order chi connectivity index (χ1) is 5.90. The molecular weight excluding hydrogens is 148 g/mol. The number of nitrogens with zero attached hydrogens (tertiary/aromatic N) is 2. The molecule has 0 aliphatic rings. The molecule has 0 fully saturated rings. The fourth-order valence-electron chi connectivity index (χ4n) is 1.07. The summed E-state index contributed by atoms with van der Waals surface area (Å²) in [5.41, 5.74) is 2.65. The minimum absolute atomic E-state index is 0.814. The maximum absolute atomic E-state index is 4.31. The zero-order valence-corrected chi connectivity index (χ0v) is 6.57. The lowest BCUT2D eigenvalue weighted by Crippen LogP contribution is -1.85. The summed E-state index contributed by atoms with van der Waals surface area (Å²) in [4.78, 5) is 8.53. The number of rotatable bonds is 1. The molecule has 0 unspecified atom stereocenters. The summed E-state index contributed by atoms with van der Waals surface area (Å²) >= 11 is 0. The molecule has 1 heterocycles. The van der Waals surface area contributed by atoms with Gasteiger partial charge in [-0.2, -0.15) is 0 Å². The van der Waals surface area contributed by atoms with Gasteiger partial charge in [-0.25, -0.2) is 4.98 Å². The number of para-hydroxylation sites is 2. The van der Waals surface area contributed by atoms with Crippen LogP contribution in [0, 0.1) is 0 Å². The number of hydrogen-bond acceptors (Lipinski definition) is 2. The molecule has 1 aromatic carbocycles. The largest absolute Gasteiger partial charge is 0.252 e. The van der Waals surface area contributed by atoms with Gasteiger partial charge in [-0.15, -0.1) is 0 Å². The van der Waals surface area contributed by atoms with Crippen LogP contribution < -0.4 is 0 Å². The van der Waals surface area contributed by atoms with Gasteiger partial charge in [0, 0.05) is 0 Å².